The zero-order valence-electron chi connectivity index (χ0n) is 9.13. The molecule has 2 N–H and O–H groups in total. The predicted molar refractivity (Wildman–Crippen MR) is 61.9 cm³/mol. The van der Waals surface area contributed by atoms with Crippen molar-refractivity contribution in [3.05, 3.63) is 36.4 Å². The standard InChI is InChI=1S/C11H14N4O/c1-2-15(8-9-4-3-7-16-9)10-5-6-13-11(12)14-10/h3-7H,2,8H2,1H3,(H2,12,13,14). The van der Waals surface area contributed by atoms with Gasteiger partial charge in [-0.1, -0.05) is 0 Å². The van der Waals surface area contributed by atoms with E-state index in [0.29, 0.717) is 6.54 Å². The van der Waals surface area contributed by atoms with Crippen molar-refractivity contribution in [1.82, 2.24) is 9.97 Å². The van der Waals surface area contributed by atoms with E-state index in [1.807, 2.05) is 18.2 Å². The summed E-state index contributed by atoms with van der Waals surface area (Å²) in [6, 6.07) is 5.65. The second-order valence-corrected chi connectivity index (χ2v) is 3.37. The van der Waals surface area contributed by atoms with Crippen LogP contribution in [0.15, 0.2) is 35.1 Å². The highest BCUT2D eigenvalue weighted by Crippen LogP contribution is 2.14. The molecule has 0 amide bonds. The Kier molecular flexibility index (Phi) is 3.05. The highest BCUT2D eigenvalue weighted by molar-refractivity contribution is 5.40. The summed E-state index contributed by atoms with van der Waals surface area (Å²) in [5.41, 5.74) is 5.55. The molecule has 0 bridgehead atoms. The fraction of sp³-hybridized carbons (Fsp3) is 0.273. The van der Waals surface area contributed by atoms with Crippen molar-refractivity contribution < 1.29 is 4.42 Å². The average Bonchev–Trinajstić information content (AvgIpc) is 2.78. The van der Waals surface area contributed by atoms with Gasteiger partial charge in [-0.2, -0.15) is 4.98 Å². The molecule has 0 spiro atoms. The summed E-state index contributed by atoms with van der Waals surface area (Å²) in [7, 11) is 0. The Morgan fingerprint density at radius 3 is 2.94 bits per heavy atom. The van der Waals surface area contributed by atoms with Crippen molar-refractivity contribution in [2.75, 3.05) is 17.2 Å². The summed E-state index contributed by atoms with van der Waals surface area (Å²) in [5.74, 6) is 2.00. The van der Waals surface area contributed by atoms with Gasteiger partial charge in [-0.15, -0.1) is 0 Å². The van der Waals surface area contributed by atoms with Gasteiger partial charge in [0, 0.05) is 12.7 Å². The van der Waals surface area contributed by atoms with Crippen LogP contribution >= 0.6 is 0 Å². The number of nitrogens with two attached hydrogens (primary N) is 1. The molecule has 2 aromatic heterocycles. The Morgan fingerprint density at radius 1 is 1.44 bits per heavy atom. The minimum Gasteiger partial charge on any atom is -0.467 e. The molecule has 0 aliphatic heterocycles. The zero-order chi connectivity index (χ0) is 11.4. The number of hydrogen-bond acceptors (Lipinski definition) is 5. The lowest BCUT2D eigenvalue weighted by Crippen LogP contribution is -2.23. The normalized spacial score (nSPS) is 10.3. The van der Waals surface area contributed by atoms with E-state index in [9.17, 15) is 0 Å². The molecule has 0 radical (unpaired) electrons. The van der Waals surface area contributed by atoms with Crippen LogP contribution < -0.4 is 10.6 Å². The summed E-state index contributed by atoms with van der Waals surface area (Å²) in [4.78, 5) is 10.1. The monoisotopic (exact) mass is 218 g/mol. The van der Waals surface area contributed by atoms with Gasteiger partial charge in [0.15, 0.2) is 0 Å². The molecule has 16 heavy (non-hydrogen) atoms. The molecule has 0 unspecified atom stereocenters. The van der Waals surface area contributed by atoms with Crippen LogP contribution in [0.1, 0.15) is 12.7 Å². The number of rotatable bonds is 4. The minimum absolute atomic E-state index is 0.287. The SMILES string of the molecule is CCN(Cc1ccco1)c1ccnc(N)n1. The number of anilines is 2. The van der Waals surface area contributed by atoms with Crippen molar-refractivity contribution in [3.8, 4) is 0 Å². The lowest BCUT2D eigenvalue weighted by Gasteiger charge is -2.20. The van der Waals surface area contributed by atoms with E-state index in [0.717, 1.165) is 18.1 Å². The second kappa shape index (κ2) is 4.65. The summed E-state index contributed by atoms with van der Waals surface area (Å²) in [5, 5.41) is 0. The van der Waals surface area contributed by atoms with Crippen LogP contribution in [0.25, 0.3) is 0 Å². The molecule has 0 aliphatic rings. The molecule has 0 fully saturated rings. The molecule has 84 valence electrons. The molecule has 0 aliphatic carbocycles. The Morgan fingerprint density at radius 2 is 2.31 bits per heavy atom. The van der Waals surface area contributed by atoms with E-state index in [1.165, 1.54) is 0 Å². The van der Waals surface area contributed by atoms with Crippen molar-refractivity contribution in [2.45, 2.75) is 13.5 Å². The van der Waals surface area contributed by atoms with E-state index in [2.05, 4.69) is 21.8 Å². The van der Waals surface area contributed by atoms with Gasteiger partial charge in [-0.05, 0) is 25.1 Å². The molecule has 0 aromatic carbocycles. The Bertz CT molecular complexity index is 441. The molecular weight excluding hydrogens is 204 g/mol. The molecule has 2 heterocycles. The van der Waals surface area contributed by atoms with Crippen LogP contribution in [0, 0.1) is 0 Å². The average molecular weight is 218 g/mol. The van der Waals surface area contributed by atoms with Crippen molar-refractivity contribution in [2.24, 2.45) is 0 Å². The van der Waals surface area contributed by atoms with Gasteiger partial charge in [0.25, 0.3) is 0 Å². The van der Waals surface area contributed by atoms with Crippen molar-refractivity contribution in [1.29, 1.82) is 0 Å². The van der Waals surface area contributed by atoms with E-state index >= 15 is 0 Å². The van der Waals surface area contributed by atoms with Gasteiger partial charge < -0.3 is 15.1 Å². The fourth-order valence-electron chi connectivity index (χ4n) is 1.49. The quantitative estimate of drug-likeness (QED) is 0.845. The van der Waals surface area contributed by atoms with E-state index in [1.54, 1.807) is 12.5 Å². The van der Waals surface area contributed by atoms with Crippen LogP contribution in [0.2, 0.25) is 0 Å². The fourth-order valence-corrected chi connectivity index (χ4v) is 1.49. The van der Waals surface area contributed by atoms with Gasteiger partial charge in [-0.25, -0.2) is 4.98 Å². The number of hydrogen-bond donors (Lipinski definition) is 1. The number of furan rings is 1. The predicted octanol–water partition coefficient (Wildman–Crippen LogP) is 1.68. The topological polar surface area (TPSA) is 68.2 Å². The molecule has 2 aromatic rings. The Hall–Kier alpha value is -2.04. The third kappa shape index (κ3) is 2.31. The highest BCUT2D eigenvalue weighted by atomic mass is 16.3. The lowest BCUT2D eigenvalue weighted by molar-refractivity contribution is 0.503. The van der Waals surface area contributed by atoms with Crippen molar-refractivity contribution in [3.63, 3.8) is 0 Å². The molecule has 5 nitrogen and oxygen atoms in total. The van der Waals surface area contributed by atoms with Crippen LogP contribution in [0.3, 0.4) is 0 Å². The number of aromatic nitrogens is 2. The third-order valence-corrected chi connectivity index (χ3v) is 2.29. The van der Waals surface area contributed by atoms with Gasteiger partial charge in [0.2, 0.25) is 5.95 Å². The minimum atomic E-state index is 0.287. The summed E-state index contributed by atoms with van der Waals surface area (Å²) >= 11 is 0. The Labute approximate surface area is 93.9 Å². The smallest absolute Gasteiger partial charge is 0.221 e. The van der Waals surface area contributed by atoms with Crippen LogP contribution in [-0.4, -0.2) is 16.5 Å². The van der Waals surface area contributed by atoms with Gasteiger partial charge in [0.1, 0.15) is 11.6 Å². The molecule has 0 saturated heterocycles. The maximum Gasteiger partial charge on any atom is 0.221 e. The molecule has 0 atom stereocenters. The summed E-state index contributed by atoms with van der Waals surface area (Å²) in [6.07, 6.45) is 3.32. The van der Waals surface area contributed by atoms with E-state index in [-0.39, 0.29) is 5.95 Å². The van der Waals surface area contributed by atoms with Gasteiger partial charge >= 0.3 is 0 Å². The van der Waals surface area contributed by atoms with Crippen molar-refractivity contribution >= 4 is 11.8 Å². The largest absolute Gasteiger partial charge is 0.467 e. The molecule has 0 saturated carbocycles. The number of nitrogens with zero attached hydrogens (tertiary/aromatic N) is 3. The first-order valence-electron chi connectivity index (χ1n) is 5.15. The maximum atomic E-state index is 5.55. The molecular formula is C11H14N4O. The number of nitrogen functional groups attached to an aromatic ring is 1. The first kappa shape index (κ1) is 10.5. The lowest BCUT2D eigenvalue weighted by atomic mass is 10.4. The van der Waals surface area contributed by atoms with Gasteiger partial charge in [-0.3, -0.25) is 0 Å². The molecule has 5 heteroatoms. The highest BCUT2D eigenvalue weighted by Gasteiger charge is 2.08. The van der Waals surface area contributed by atoms with E-state index < -0.39 is 0 Å². The Balaban J connectivity index is 2.16. The van der Waals surface area contributed by atoms with Crippen LogP contribution in [-0.2, 0) is 6.54 Å². The van der Waals surface area contributed by atoms with Gasteiger partial charge in [0.05, 0.1) is 12.8 Å². The van der Waals surface area contributed by atoms with Crippen LogP contribution in [0.5, 0.6) is 0 Å². The summed E-state index contributed by atoms with van der Waals surface area (Å²) in [6.45, 7) is 3.57. The van der Waals surface area contributed by atoms with E-state index in [4.69, 9.17) is 10.2 Å². The third-order valence-electron chi connectivity index (χ3n) is 2.29. The first-order chi connectivity index (χ1) is 7.79. The van der Waals surface area contributed by atoms with Crippen LogP contribution in [0.4, 0.5) is 11.8 Å². The zero-order valence-corrected chi connectivity index (χ0v) is 9.13. The maximum absolute atomic E-state index is 5.55. The summed E-state index contributed by atoms with van der Waals surface area (Å²) < 4.78 is 5.30. The first-order valence-corrected chi connectivity index (χ1v) is 5.15. The second-order valence-electron chi connectivity index (χ2n) is 3.37. The molecule has 2 rings (SSSR count).